The summed E-state index contributed by atoms with van der Waals surface area (Å²) in [5, 5.41) is 12.2. The molecule has 0 atom stereocenters. The molecule has 1 aliphatic rings. The number of hydrogen-bond acceptors (Lipinski definition) is 3. The molecule has 0 aromatic rings. The molecule has 0 aromatic heterocycles. The Morgan fingerprint density at radius 1 is 1.60 bits per heavy atom. The van der Waals surface area contributed by atoms with Crippen LogP contribution in [-0.2, 0) is 4.74 Å². The molecule has 0 aliphatic heterocycles. The third-order valence-electron chi connectivity index (χ3n) is 1.51. The fourth-order valence-corrected chi connectivity index (χ4v) is 0.594. The normalized spacial score (nSPS) is 21.6. The minimum atomic E-state index is -0.776. The molecular formula is C7H15NO2. The summed E-state index contributed by atoms with van der Waals surface area (Å²) in [5.41, 5.74) is 0. The molecule has 0 unspecified atom stereocenters. The molecule has 2 N–H and O–H groups in total. The van der Waals surface area contributed by atoms with Crippen LogP contribution >= 0.6 is 0 Å². The highest BCUT2D eigenvalue weighted by atomic mass is 16.6. The van der Waals surface area contributed by atoms with Crippen molar-refractivity contribution < 1.29 is 9.84 Å². The lowest BCUT2D eigenvalue weighted by Crippen LogP contribution is -2.29. The molecule has 0 amide bonds. The molecule has 0 bridgehead atoms. The average molecular weight is 145 g/mol. The van der Waals surface area contributed by atoms with Crippen molar-refractivity contribution >= 4 is 0 Å². The van der Waals surface area contributed by atoms with E-state index in [-0.39, 0.29) is 0 Å². The first-order valence-electron chi connectivity index (χ1n) is 3.72. The van der Waals surface area contributed by atoms with Gasteiger partial charge in [-0.3, -0.25) is 5.32 Å². The van der Waals surface area contributed by atoms with Crippen molar-refractivity contribution in [2.45, 2.75) is 38.5 Å². The van der Waals surface area contributed by atoms with E-state index in [0.717, 1.165) is 12.8 Å². The highest BCUT2D eigenvalue weighted by molar-refractivity contribution is 4.82. The van der Waals surface area contributed by atoms with Crippen LogP contribution in [0.25, 0.3) is 0 Å². The predicted octanol–water partition coefficient (Wildman–Crippen LogP) is 0.441. The topological polar surface area (TPSA) is 41.5 Å². The van der Waals surface area contributed by atoms with E-state index in [1.54, 1.807) is 0 Å². The van der Waals surface area contributed by atoms with Crippen molar-refractivity contribution in [2.75, 3.05) is 6.73 Å². The fraction of sp³-hybridized carbons (Fsp3) is 1.00. The monoisotopic (exact) mass is 145 g/mol. The van der Waals surface area contributed by atoms with Gasteiger partial charge >= 0.3 is 0 Å². The second kappa shape index (κ2) is 2.86. The molecule has 60 valence electrons. The molecule has 0 spiro atoms. The van der Waals surface area contributed by atoms with Gasteiger partial charge in [0.15, 0.2) is 5.79 Å². The first kappa shape index (κ1) is 7.98. The number of nitrogens with one attached hydrogen (secondary N) is 1. The van der Waals surface area contributed by atoms with Gasteiger partial charge in [0, 0.05) is 18.9 Å². The van der Waals surface area contributed by atoms with Crippen LogP contribution in [0.3, 0.4) is 0 Å². The molecule has 3 nitrogen and oxygen atoms in total. The largest absolute Gasteiger partial charge is 0.365 e. The van der Waals surface area contributed by atoms with E-state index in [0.29, 0.717) is 12.8 Å². The van der Waals surface area contributed by atoms with E-state index in [9.17, 15) is 5.11 Å². The molecule has 1 aliphatic carbocycles. The van der Waals surface area contributed by atoms with Crippen LogP contribution in [0.2, 0.25) is 0 Å². The summed E-state index contributed by atoms with van der Waals surface area (Å²) in [6.07, 6.45) is 1.57. The van der Waals surface area contributed by atoms with Crippen molar-refractivity contribution in [1.82, 2.24) is 5.32 Å². The van der Waals surface area contributed by atoms with Crippen LogP contribution in [0.5, 0.6) is 0 Å². The van der Waals surface area contributed by atoms with Crippen molar-refractivity contribution in [3.05, 3.63) is 0 Å². The number of ether oxygens (including phenoxy) is 1. The van der Waals surface area contributed by atoms with Crippen LogP contribution in [0, 0.1) is 0 Å². The van der Waals surface area contributed by atoms with Gasteiger partial charge in [0.25, 0.3) is 0 Å². The van der Waals surface area contributed by atoms with Gasteiger partial charge in [0.2, 0.25) is 0 Å². The average Bonchev–Trinajstić information content (AvgIpc) is 2.47. The van der Waals surface area contributed by atoms with Crippen LogP contribution in [0.4, 0.5) is 0 Å². The minimum Gasteiger partial charge on any atom is -0.365 e. The molecule has 1 rings (SSSR count). The maximum atomic E-state index is 9.18. The number of rotatable bonds is 4. The lowest BCUT2D eigenvalue weighted by molar-refractivity contribution is -0.131. The van der Waals surface area contributed by atoms with Crippen molar-refractivity contribution in [3.8, 4) is 0 Å². The Morgan fingerprint density at radius 3 is 2.60 bits per heavy atom. The van der Waals surface area contributed by atoms with Crippen molar-refractivity contribution in [3.63, 3.8) is 0 Å². The predicted molar refractivity (Wildman–Crippen MR) is 38.4 cm³/mol. The van der Waals surface area contributed by atoms with E-state index in [2.05, 4.69) is 5.32 Å². The third kappa shape index (κ3) is 2.64. The first-order valence-corrected chi connectivity index (χ1v) is 3.72. The minimum absolute atomic E-state index is 0.419. The number of hydrogen-bond donors (Lipinski definition) is 2. The summed E-state index contributed by atoms with van der Waals surface area (Å²) in [4.78, 5) is 0. The van der Waals surface area contributed by atoms with Crippen LogP contribution in [0.1, 0.15) is 26.7 Å². The fourth-order valence-electron chi connectivity index (χ4n) is 0.594. The lowest BCUT2D eigenvalue weighted by atomic mass is 10.4. The van der Waals surface area contributed by atoms with Gasteiger partial charge in [-0.2, -0.15) is 0 Å². The van der Waals surface area contributed by atoms with E-state index < -0.39 is 5.79 Å². The summed E-state index contributed by atoms with van der Waals surface area (Å²) in [7, 11) is 0. The SMILES string of the molecule is CC(C)NCOC1(O)CC1. The van der Waals surface area contributed by atoms with Gasteiger partial charge < -0.3 is 9.84 Å². The van der Waals surface area contributed by atoms with Gasteiger partial charge in [0.05, 0.1) is 0 Å². The second-order valence-electron chi connectivity index (χ2n) is 3.09. The van der Waals surface area contributed by atoms with Crippen LogP contribution in [-0.4, -0.2) is 23.7 Å². The summed E-state index contributed by atoms with van der Waals surface area (Å²) >= 11 is 0. The molecule has 10 heavy (non-hydrogen) atoms. The zero-order valence-corrected chi connectivity index (χ0v) is 6.55. The van der Waals surface area contributed by atoms with E-state index in [1.807, 2.05) is 13.8 Å². The molecule has 3 heteroatoms. The molecule has 0 aromatic carbocycles. The molecule has 0 heterocycles. The number of aliphatic hydroxyl groups is 1. The summed E-state index contributed by atoms with van der Waals surface area (Å²) in [6, 6.07) is 0.419. The van der Waals surface area contributed by atoms with E-state index in [1.165, 1.54) is 0 Å². The second-order valence-corrected chi connectivity index (χ2v) is 3.09. The Morgan fingerprint density at radius 2 is 2.20 bits per heavy atom. The summed E-state index contributed by atoms with van der Waals surface area (Å²) < 4.78 is 5.10. The third-order valence-corrected chi connectivity index (χ3v) is 1.51. The molecule has 0 radical (unpaired) electrons. The van der Waals surface area contributed by atoms with Gasteiger partial charge in [-0.1, -0.05) is 0 Å². The van der Waals surface area contributed by atoms with Gasteiger partial charge in [0.1, 0.15) is 6.73 Å². The standard InChI is InChI=1S/C7H15NO2/c1-6(2)8-5-10-7(9)3-4-7/h6,8-9H,3-5H2,1-2H3. The van der Waals surface area contributed by atoms with Gasteiger partial charge in [-0.15, -0.1) is 0 Å². The Hall–Kier alpha value is -0.120. The maximum absolute atomic E-state index is 9.18. The van der Waals surface area contributed by atoms with Gasteiger partial charge in [-0.25, -0.2) is 0 Å². The van der Waals surface area contributed by atoms with Crippen molar-refractivity contribution in [1.29, 1.82) is 0 Å². The first-order chi connectivity index (χ1) is 4.62. The summed E-state index contributed by atoms with van der Waals surface area (Å²) in [5.74, 6) is -0.776. The Balaban J connectivity index is 1.95. The Bertz CT molecular complexity index is 110. The lowest BCUT2D eigenvalue weighted by Gasteiger charge is -2.12. The Kier molecular flexibility index (Phi) is 2.28. The summed E-state index contributed by atoms with van der Waals surface area (Å²) in [6.45, 7) is 4.54. The highest BCUT2D eigenvalue weighted by Crippen LogP contribution is 2.35. The zero-order chi connectivity index (χ0) is 7.61. The van der Waals surface area contributed by atoms with Crippen LogP contribution < -0.4 is 5.32 Å². The molecule has 0 saturated heterocycles. The molecule has 1 fully saturated rings. The molecule has 1 saturated carbocycles. The highest BCUT2D eigenvalue weighted by Gasteiger charge is 2.41. The smallest absolute Gasteiger partial charge is 0.167 e. The van der Waals surface area contributed by atoms with Gasteiger partial charge in [-0.05, 0) is 13.8 Å². The van der Waals surface area contributed by atoms with Crippen molar-refractivity contribution in [2.24, 2.45) is 0 Å². The zero-order valence-electron chi connectivity index (χ0n) is 6.55. The quantitative estimate of drug-likeness (QED) is 0.564. The van der Waals surface area contributed by atoms with Crippen LogP contribution in [0.15, 0.2) is 0 Å². The van der Waals surface area contributed by atoms with E-state index in [4.69, 9.17) is 4.74 Å². The van der Waals surface area contributed by atoms with E-state index >= 15 is 0 Å². The maximum Gasteiger partial charge on any atom is 0.167 e. The molecular weight excluding hydrogens is 130 g/mol. The Labute approximate surface area is 61.4 Å².